The number of anilines is 1. The molecule has 0 fully saturated rings. The summed E-state index contributed by atoms with van der Waals surface area (Å²) in [5.74, 6) is 0.838. The Morgan fingerprint density at radius 2 is 1.77 bits per heavy atom. The van der Waals surface area contributed by atoms with E-state index in [-0.39, 0.29) is 23.4 Å². The summed E-state index contributed by atoms with van der Waals surface area (Å²) < 4.78 is 48.9. The standard InChI is InChI=1S/C23H22F3N3O3S.C10H22O/c1-12-5-6-15(21(30)27-10-9-13(2)23(24,25)26)17(11-12)29-22(31)19-18(32-4)8-7-16-20(19)33-14(3)28-16;1-5-6-9(2)7-10(3)8-11-4/h5-8,11H,2,9-10H2,1,3-4H3,(H,27,30)(H,29,31);9-10H,5-8H2,1-4H3. The SMILES string of the molecule is C=C(CCNC(=O)c1ccc(C)cc1NC(=O)c1c(OC)ccc2nc(C)sc12)C(F)(F)F.CCCC(C)CC(C)COC. The number of hydrogen-bond acceptors (Lipinski definition) is 6. The van der Waals surface area contributed by atoms with Gasteiger partial charge in [-0.05, 0) is 68.4 Å². The molecule has 0 radical (unpaired) electrons. The van der Waals surface area contributed by atoms with Crippen LogP contribution >= 0.6 is 11.3 Å². The third kappa shape index (κ3) is 10.9. The lowest BCUT2D eigenvalue weighted by atomic mass is 9.94. The van der Waals surface area contributed by atoms with Crippen molar-refractivity contribution in [3.63, 3.8) is 0 Å². The second kappa shape index (κ2) is 17.2. The van der Waals surface area contributed by atoms with Crippen molar-refractivity contribution in [2.24, 2.45) is 11.8 Å². The molecular formula is C33H44F3N3O4S. The number of halogens is 3. The molecule has 2 N–H and O–H groups in total. The molecule has 0 aliphatic heterocycles. The maximum atomic E-state index is 13.2. The minimum atomic E-state index is -4.51. The first-order chi connectivity index (χ1) is 20.7. The summed E-state index contributed by atoms with van der Waals surface area (Å²) in [5, 5.41) is 5.98. The first kappa shape index (κ1) is 36.8. The van der Waals surface area contributed by atoms with E-state index in [1.165, 1.54) is 43.8 Å². The predicted octanol–water partition coefficient (Wildman–Crippen LogP) is 8.51. The molecule has 2 atom stereocenters. The molecule has 0 aliphatic carbocycles. The minimum absolute atomic E-state index is 0.123. The molecule has 2 aromatic carbocycles. The number of fused-ring (bicyclic) bond motifs is 1. The molecule has 11 heteroatoms. The number of aryl methyl sites for hydroxylation is 2. The van der Waals surface area contributed by atoms with Crippen LogP contribution in [0.25, 0.3) is 10.2 Å². The van der Waals surface area contributed by atoms with Gasteiger partial charge in [-0.25, -0.2) is 4.98 Å². The van der Waals surface area contributed by atoms with Gasteiger partial charge in [-0.2, -0.15) is 13.2 Å². The van der Waals surface area contributed by atoms with E-state index in [1.807, 2.05) is 6.92 Å². The number of carbonyl (C=O) groups is 2. The van der Waals surface area contributed by atoms with Crippen molar-refractivity contribution >= 4 is 39.1 Å². The molecule has 3 aromatic rings. The van der Waals surface area contributed by atoms with Gasteiger partial charge in [0.1, 0.15) is 11.3 Å². The van der Waals surface area contributed by atoms with Crippen LogP contribution in [0.4, 0.5) is 18.9 Å². The van der Waals surface area contributed by atoms with Crippen LogP contribution in [-0.4, -0.2) is 50.3 Å². The lowest BCUT2D eigenvalue weighted by Crippen LogP contribution is -2.27. The van der Waals surface area contributed by atoms with Gasteiger partial charge in [0.05, 0.1) is 33.6 Å². The van der Waals surface area contributed by atoms with Crippen molar-refractivity contribution in [2.45, 2.75) is 66.5 Å². The van der Waals surface area contributed by atoms with E-state index in [0.29, 0.717) is 16.0 Å². The summed E-state index contributed by atoms with van der Waals surface area (Å²) in [6.45, 7) is 14.1. The zero-order valence-electron chi connectivity index (χ0n) is 26.6. The molecule has 44 heavy (non-hydrogen) atoms. The highest BCUT2D eigenvalue weighted by Gasteiger charge is 2.31. The largest absolute Gasteiger partial charge is 0.496 e. The van der Waals surface area contributed by atoms with E-state index in [4.69, 9.17) is 9.47 Å². The summed E-state index contributed by atoms with van der Waals surface area (Å²) in [5.41, 5.74) is 1.14. The van der Waals surface area contributed by atoms with Crippen LogP contribution in [0.3, 0.4) is 0 Å². The fourth-order valence-corrected chi connectivity index (χ4v) is 5.78. The van der Waals surface area contributed by atoms with E-state index in [2.05, 4.69) is 43.0 Å². The number of benzene rings is 2. The van der Waals surface area contributed by atoms with E-state index in [9.17, 15) is 22.8 Å². The number of nitrogens with zero attached hydrogens (tertiary/aromatic N) is 1. The molecule has 2 unspecified atom stereocenters. The fourth-order valence-electron chi connectivity index (χ4n) is 4.83. The molecule has 0 bridgehead atoms. The highest BCUT2D eigenvalue weighted by molar-refractivity contribution is 7.19. The van der Waals surface area contributed by atoms with Gasteiger partial charge >= 0.3 is 6.18 Å². The number of thiazole rings is 1. The Kier molecular flexibility index (Phi) is 14.3. The van der Waals surface area contributed by atoms with E-state index in [1.54, 1.807) is 38.3 Å². The second-order valence-electron chi connectivity index (χ2n) is 11.0. The smallest absolute Gasteiger partial charge is 0.412 e. The third-order valence-corrected chi connectivity index (χ3v) is 7.90. The van der Waals surface area contributed by atoms with Crippen LogP contribution in [0.15, 0.2) is 42.5 Å². The molecule has 1 aromatic heterocycles. The lowest BCUT2D eigenvalue weighted by Gasteiger charge is -2.15. The van der Waals surface area contributed by atoms with Gasteiger partial charge in [-0.15, -0.1) is 11.3 Å². The van der Waals surface area contributed by atoms with Gasteiger partial charge in [-0.1, -0.05) is 46.3 Å². The highest BCUT2D eigenvalue weighted by atomic mass is 32.1. The number of rotatable bonds is 13. The Hall–Kier alpha value is -3.44. The summed E-state index contributed by atoms with van der Waals surface area (Å²) >= 11 is 1.35. The second-order valence-corrected chi connectivity index (χ2v) is 12.2. The normalized spacial score (nSPS) is 12.6. The number of ether oxygens (including phenoxy) is 2. The number of carbonyl (C=O) groups excluding carboxylic acids is 2. The van der Waals surface area contributed by atoms with Gasteiger partial charge in [-0.3, -0.25) is 9.59 Å². The number of alkyl halides is 3. The summed E-state index contributed by atoms with van der Waals surface area (Å²) in [7, 11) is 3.23. The average Bonchev–Trinajstić information content (AvgIpc) is 3.32. The van der Waals surface area contributed by atoms with Crippen LogP contribution in [0.1, 0.15) is 77.7 Å². The van der Waals surface area contributed by atoms with Crippen molar-refractivity contribution < 1.29 is 32.2 Å². The zero-order valence-corrected chi connectivity index (χ0v) is 27.4. The molecule has 0 saturated heterocycles. The van der Waals surface area contributed by atoms with Gasteiger partial charge in [0, 0.05) is 25.8 Å². The quantitative estimate of drug-likeness (QED) is 0.184. The first-order valence-corrected chi connectivity index (χ1v) is 15.4. The molecule has 2 amide bonds. The number of hydrogen-bond donors (Lipinski definition) is 2. The van der Waals surface area contributed by atoms with Crippen LogP contribution in [0.2, 0.25) is 0 Å². The predicted molar refractivity (Wildman–Crippen MR) is 172 cm³/mol. The van der Waals surface area contributed by atoms with Gasteiger partial charge < -0.3 is 20.1 Å². The Morgan fingerprint density at radius 3 is 2.39 bits per heavy atom. The van der Waals surface area contributed by atoms with Crippen molar-refractivity contribution in [1.82, 2.24) is 10.3 Å². The lowest BCUT2D eigenvalue weighted by molar-refractivity contribution is -0.0934. The molecule has 3 rings (SSSR count). The Morgan fingerprint density at radius 1 is 1.07 bits per heavy atom. The molecule has 0 aliphatic rings. The van der Waals surface area contributed by atoms with E-state index >= 15 is 0 Å². The first-order valence-electron chi connectivity index (χ1n) is 14.6. The maximum absolute atomic E-state index is 13.2. The Balaban J connectivity index is 0.000000523. The van der Waals surface area contributed by atoms with E-state index in [0.717, 1.165) is 29.0 Å². The van der Waals surface area contributed by atoms with E-state index < -0.39 is 30.0 Å². The topological polar surface area (TPSA) is 89.6 Å². The highest BCUT2D eigenvalue weighted by Crippen LogP contribution is 2.33. The molecular weight excluding hydrogens is 591 g/mol. The van der Waals surface area contributed by atoms with Crippen LogP contribution in [0.5, 0.6) is 5.75 Å². The summed E-state index contributed by atoms with van der Waals surface area (Å²) in [4.78, 5) is 30.3. The number of methoxy groups -OCH3 is 2. The molecule has 1 heterocycles. The molecule has 0 saturated carbocycles. The number of nitrogens with one attached hydrogen (secondary N) is 2. The Bertz CT molecular complexity index is 1410. The maximum Gasteiger partial charge on any atom is 0.412 e. The van der Waals surface area contributed by atoms with Crippen molar-refractivity contribution in [2.75, 3.05) is 32.7 Å². The average molecular weight is 636 g/mol. The number of aromatic nitrogens is 1. The fraction of sp³-hybridized carbons (Fsp3) is 0.485. The molecule has 7 nitrogen and oxygen atoms in total. The molecule has 242 valence electrons. The monoisotopic (exact) mass is 635 g/mol. The van der Waals surface area contributed by atoms with Crippen LogP contribution < -0.4 is 15.4 Å². The van der Waals surface area contributed by atoms with Crippen molar-refractivity contribution in [3.8, 4) is 5.75 Å². The zero-order chi connectivity index (χ0) is 33.0. The summed E-state index contributed by atoms with van der Waals surface area (Å²) in [6, 6.07) is 8.20. The minimum Gasteiger partial charge on any atom is -0.496 e. The third-order valence-electron chi connectivity index (χ3n) is 6.89. The van der Waals surface area contributed by atoms with Gasteiger partial charge in [0.2, 0.25) is 0 Å². The van der Waals surface area contributed by atoms with Crippen molar-refractivity contribution in [3.05, 3.63) is 64.2 Å². The number of amides is 2. The summed E-state index contributed by atoms with van der Waals surface area (Å²) in [6.07, 6.45) is -0.980. The van der Waals surface area contributed by atoms with Crippen molar-refractivity contribution in [1.29, 1.82) is 0 Å². The van der Waals surface area contributed by atoms with Gasteiger partial charge in [0.25, 0.3) is 11.8 Å². The molecule has 0 spiro atoms. The Labute approximate surface area is 262 Å². The van der Waals surface area contributed by atoms with Crippen LogP contribution in [0, 0.1) is 25.7 Å². The van der Waals surface area contributed by atoms with Crippen LogP contribution in [-0.2, 0) is 4.74 Å². The van der Waals surface area contributed by atoms with Gasteiger partial charge in [0.15, 0.2) is 0 Å².